The lowest BCUT2D eigenvalue weighted by molar-refractivity contribution is 0.367. The third kappa shape index (κ3) is 1.90. The maximum Gasteiger partial charge on any atom is 0.252 e. The van der Waals surface area contributed by atoms with Gasteiger partial charge in [0.25, 0.3) is 5.56 Å². The molecular formula is C13H16N4O. The molecule has 0 radical (unpaired) electrons. The number of nitrogens with zero attached hydrogens (tertiary/aromatic N) is 3. The van der Waals surface area contributed by atoms with E-state index in [1.165, 1.54) is 0 Å². The molecule has 0 saturated carbocycles. The average molecular weight is 244 g/mol. The Hall–Kier alpha value is -1.75. The van der Waals surface area contributed by atoms with Crippen molar-refractivity contribution in [3.05, 3.63) is 34.5 Å². The van der Waals surface area contributed by atoms with Gasteiger partial charge in [-0.15, -0.1) is 0 Å². The molecule has 1 fully saturated rings. The van der Waals surface area contributed by atoms with Crippen LogP contribution in [0.25, 0.3) is 11.0 Å². The predicted octanol–water partition coefficient (Wildman–Crippen LogP) is 1.02. The molecule has 2 aromatic heterocycles. The first-order valence-electron chi connectivity index (χ1n) is 6.31. The van der Waals surface area contributed by atoms with E-state index in [2.05, 4.69) is 15.3 Å². The summed E-state index contributed by atoms with van der Waals surface area (Å²) in [6, 6.07) is 3.66. The zero-order valence-electron chi connectivity index (χ0n) is 10.4. The maximum absolute atomic E-state index is 12.1. The molecule has 5 nitrogen and oxygen atoms in total. The third-order valence-corrected chi connectivity index (χ3v) is 3.46. The number of fused-ring (bicyclic) bond motifs is 1. The van der Waals surface area contributed by atoms with E-state index in [1.807, 2.05) is 11.5 Å². The molecule has 0 aromatic carbocycles. The Labute approximate surface area is 105 Å². The van der Waals surface area contributed by atoms with Crippen molar-refractivity contribution in [2.45, 2.75) is 25.8 Å². The Morgan fingerprint density at radius 2 is 2.11 bits per heavy atom. The van der Waals surface area contributed by atoms with Crippen molar-refractivity contribution in [2.75, 3.05) is 13.1 Å². The number of pyridine rings is 1. The average Bonchev–Trinajstić information content (AvgIpc) is 2.39. The highest BCUT2D eigenvalue weighted by molar-refractivity contribution is 5.73. The highest BCUT2D eigenvalue weighted by Crippen LogP contribution is 2.20. The zero-order valence-corrected chi connectivity index (χ0v) is 10.4. The lowest BCUT2D eigenvalue weighted by Crippen LogP contribution is -2.34. The number of hydrogen-bond acceptors (Lipinski definition) is 4. The summed E-state index contributed by atoms with van der Waals surface area (Å²) >= 11 is 0. The first-order chi connectivity index (χ1) is 8.75. The van der Waals surface area contributed by atoms with Crippen LogP contribution in [0.2, 0.25) is 0 Å². The van der Waals surface area contributed by atoms with E-state index in [4.69, 9.17) is 0 Å². The molecule has 1 aliphatic heterocycles. The third-order valence-electron chi connectivity index (χ3n) is 3.46. The minimum absolute atomic E-state index is 0.0347. The van der Waals surface area contributed by atoms with Crippen LogP contribution in [0, 0.1) is 6.92 Å². The van der Waals surface area contributed by atoms with E-state index >= 15 is 0 Å². The van der Waals surface area contributed by atoms with Crippen LogP contribution in [-0.2, 0) is 0 Å². The van der Waals surface area contributed by atoms with Gasteiger partial charge in [-0.1, -0.05) is 0 Å². The van der Waals surface area contributed by atoms with Gasteiger partial charge in [0, 0.05) is 23.7 Å². The normalized spacial score (nSPS) is 17.2. The Morgan fingerprint density at radius 3 is 2.89 bits per heavy atom. The molecule has 0 unspecified atom stereocenters. The molecule has 0 spiro atoms. The van der Waals surface area contributed by atoms with Gasteiger partial charge in [-0.25, -0.2) is 9.97 Å². The largest absolute Gasteiger partial charge is 0.317 e. The fourth-order valence-corrected chi connectivity index (χ4v) is 2.54. The van der Waals surface area contributed by atoms with Gasteiger partial charge in [0.15, 0.2) is 0 Å². The SMILES string of the molecule is Cc1ncc2ccc(=O)n(C3CCNCC3)c2n1. The van der Waals surface area contributed by atoms with Crippen LogP contribution in [-0.4, -0.2) is 27.6 Å². The summed E-state index contributed by atoms with van der Waals surface area (Å²) in [6.45, 7) is 3.76. The van der Waals surface area contributed by atoms with Crippen LogP contribution in [0.1, 0.15) is 24.7 Å². The van der Waals surface area contributed by atoms with Crippen molar-refractivity contribution in [3.8, 4) is 0 Å². The fourth-order valence-electron chi connectivity index (χ4n) is 2.54. The number of aryl methyl sites for hydroxylation is 1. The Balaban J connectivity index is 2.21. The monoisotopic (exact) mass is 244 g/mol. The van der Waals surface area contributed by atoms with E-state index in [1.54, 1.807) is 18.3 Å². The second kappa shape index (κ2) is 4.49. The summed E-state index contributed by atoms with van der Waals surface area (Å²) in [5.41, 5.74) is 0.800. The summed E-state index contributed by atoms with van der Waals surface area (Å²) in [5.74, 6) is 0.704. The number of nitrogens with one attached hydrogen (secondary N) is 1. The quantitative estimate of drug-likeness (QED) is 0.813. The Kier molecular flexibility index (Phi) is 2.83. The summed E-state index contributed by atoms with van der Waals surface area (Å²) in [7, 11) is 0. The second-order valence-electron chi connectivity index (χ2n) is 4.72. The fraction of sp³-hybridized carbons (Fsp3) is 0.462. The summed E-state index contributed by atoms with van der Waals surface area (Å²) in [5, 5.41) is 4.24. The van der Waals surface area contributed by atoms with Crippen LogP contribution in [0.4, 0.5) is 0 Å². The van der Waals surface area contributed by atoms with Gasteiger partial charge < -0.3 is 5.32 Å². The van der Waals surface area contributed by atoms with Gasteiger partial charge >= 0.3 is 0 Å². The molecule has 3 rings (SSSR count). The summed E-state index contributed by atoms with van der Waals surface area (Å²) in [4.78, 5) is 20.8. The number of rotatable bonds is 1. The molecule has 18 heavy (non-hydrogen) atoms. The van der Waals surface area contributed by atoms with E-state index in [9.17, 15) is 4.79 Å². The lowest BCUT2D eigenvalue weighted by Gasteiger charge is -2.25. The molecule has 1 aliphatic rings. The topological polar surface area (TPSA) is 59.8 Å². The van der Waals surface area contributed by atoms with Crippen molar-refractivity contribution in [1.29, 1.82) is 0 Å². The van der Waals surface area contributed by atoms with E-state index in [-0.39, 0.29) is 11.6 Å². The minimum Gasteiger partial charge on any atom is -0.317 e. The van der Waals surface area contributed by atoms with Crippen LogP contribution in [0.5, 0.6) is 0 Å². The molecule has 0 aliphatic carbocycles. The highest BCUT2D eigenvalue weighted by Gasteiger charge is 2.18. The highest BCUT2D eigenvalue weighted by atomic mass is 16.1. The standard InChI is InChI=1S/C13H16N4O/c1-9-15-8-10-2-3-12(18)17(13(10)16-9)11-4-6-14-7-5-11/h2-3,8,11,14H,4-7H2,1H3. The predicted molar refractivity (Wildman–Crippen MR) is 69.7 cm³/mol. The number of aromatic nitrogens is 3. The molecule has 94 valence electrons. The van der Waals surface area contributed by atoms with Crippen molar-refractivity contribution < 1.29 is 0 Å². The lowest BCUT2D eigenvalue weighted by atomic mass is 10.1. The maximum atomic E-state index is 12.1. The molecule has 3 heterocycles. The molecule has 0 amide bonds. The smallest absolute Gasteiger partial charge is 0.252 e. The van der Waals surface area contributed by atoms with Crippen LogP contribution in [0.3, 0.4) is 0 Å². The van der Waals surface area contributed by atoms with E-state index in [0.717, 1.165) is 37.0 Å². The van der Waals surface area contributed by atoms with Crippen molar-refractivity contribution in [1.82, 2.24) is 19.9 Å². The number of hydrogen-bond donors (Lipinski definition) is 1. The molecule has 0 atom stereocenters. The number of piperidine rings is 1. The van der Waals surface area contributed by atoms with Gasteiger partial charge in [0.1, 0.15) is 11.5 Å². The summed E-state index contributed by atoms with van der Waals surface area (Å²) in [6.07, 6.45) is 3.73. The second-order valence-corrected chi connectivity index (χ2v) is 4.72. The minimum atomic E-state index is 0.0347. The summed E-state index contributed by atoms with van der Waals surface area (Å²) < 4.78 is 1.84. The van der Waals surface area contributed by atoms with Gasteiger partial charge in [0.05, 0.1) is 0 Å². The van der Waals surface area contributed by atoms with Crippen LogP contribution < -0.4 is 10.9 Å². The van der Waals surface area contributed by atoms with Gasteiger partial charge in [0.2, 0.25) is 0 Å². The molecule has 1 N–H and O–H groups in total. The zero-order chi connectivity index (χ0) is 12.5. The molecule has 1 saturated heterocycles. The first-order valence-corrected chi connectivity index (χ1v) is 6.31. The van der Waals surface area contributed by atoms with Crippen LogP contribution >= 0.6 is 0 Å². The molecular weight excluding hydrogens is 228 g/mol. The van der Waals surface area contributed by atoms with E-state index < -0.39 is 0 Å². The van der Waals surface area contributed by atoms with Crippen molar-refractivity contribution in [2.24, 2.45) is 0 Å². The van der Waals surface area contributed by atoms with Gasteiger partial charge in [-0.2, -0.15) is 0 Å². The first kappa shape index (κ1) is 11.3. The van der Waals surface area contributed by atoms with Crippen molar-refractivity contribution >= 4 is 11.0 Å². The molecule has 2 aromatic rings. The van der Waals surface area contributed by atoms with Gasteiger partial charge in [-0.05, 0) is 38.9 Å². The van der Waals surface area contributed by atoms with Crippen molar-refractivity contribution in [3.63, 3.8) is 0 Å². The Bertz CT molecular complexity index is 628. The van der Waals surface area contributed by atoms with E-state index in [0.29, 0.717) is 5.82 Å². The Morgan fingerprint density at radius 1 is 1.33 bits per heavy atom. The molecule has 5 heteroatoms. The van der Waals surface area contributed by atoms with Crippen LogP contribution in [0.15, 0.2) is 23.1 Å². The van der Waals surface area contributed by atoms with Gasteiger partial charge in [-0.3, -0.25) is 9.36 Å². The molecule has 0 bridgehead atoms.